The van der Waals surface area contributed by atoms with Gasteiger partial charge >= 0.3 is 0 Å². The second-order valence-electron chi connectivity index (χ2n) is 9.88. The Bertz CT molecular complexity index is 579. The molecule has 1 amide bonds. The second-order valence-corrected chi connectivity index (χ2v) is 9.88. The number of carbonyl (C=O) groups is 1. The first kappa shape index (κ1) is 18.3. The Balaban J connectivity index is 1.44. The third kappa shape index (κ3) is 2.78. The topological polar surface area (TPSA) is 68.4 Å². The molecule has 5 fully saturated rings. The zero-order chi connectivity index (χ0) is 18.6. The second kappa shape index (κ2) is 6.97. The van der Waals surface area contributed by atoms with Crippen molar-refractivity contribution in [3.05, 3.63) is 0 Å². The first-order valence-corrected chi connectivity index (χ1v) is 11.4. The molecule has 0 aromatic rings. The van der Waals surface area contributed by atoms with Crippen LogP contribution in [-0.2, 0) is 4.79 Å². The summed E-state index contributed by atoms with van der Waals surface area (Å²) in [6.45, 7) is 7.68. The minimum Gasteiger partial charge on any atom is -0.340 e. The minimum atomic E-state index is -0.239. The van der Waals surface area contributed by atoms with Gasteiger partial charge in [0, 0.05) is 30.6 Å². The van der Waals surface area contributed by atoms with Gasteiger partial charge in [-0.2, -0.15) is 0 Å². The molecule has 152 valence electrons. The number of carbonyl (C=O) groups excluding carboxylic acids is 1. The third-order valence-corrected chi connectivity index (χ3v) is 8.73. The molecule has 4 heterocycles. The average Bonchev–Trinajstić information content (AvgIpc) is 3.39. The van der Waals surface area contributed by atoms with Gasteiger partial charge in [-0.1, -0.05) is 26.7 Å². The Morgan fingerprint density at radius 1 is 1.11 bits per heavy atom. The number of nitrogens with one attached hydrogen (secondary N) is 4. The number of fused-ring (bicyclic) bond motifs is 2. The SMILES string of the molecule is CC[C@@]1(C)C(=O)NC2NCCC(C3NN([C@H]4CCNC4)C4CCCCC34)C21. The lowest BCUT2D eigenvalue weighted by atomic mass is 9.62. The predicted octanol–water partition coefficient (Wildman–Crippen LogP) is 1.19. The van der Waals surface area contributed by atoms with Crippen molar-refractivity contribution in [1.82, 2.24) is 26.4 Å². The lowest BCUT2D eigenvalue weighted by molar-refractivity contribution is -0.129. The van der Waals surface area contributed by atoms with E-state index in [4.69, 9.17) is 0 Å². The maximum Gasteiger partial charge on any atom is 0.227 e. The van der Waals surface area contributed by atoms with Crippen molar-refractivity contribution in [2.45, 2.75) is 83.1 Å². The maximum atomic E-state index is 12.8. The van der Waals surface area contributed by atoms with E-state index in [1.165, 1.54) is 38.5 Å². The fraction of sp³-hybridized carbons (Fsp3) is 0.952. The van der Waals surface area contributed by atoms with Gasteiger partial charge in [0.25, 0.3) is 0 Å². The lowest BCUT2D eigenvalue weighted by Gasteiger charge is -2.44. The lowest BCUT2D eigenvalue weighted by Crippen LogP contribution is -2.57. The third-order valence-electron chi connectivity index (χ3n) is 8.73. The monoisotopic (exact) mass is 375 g/mol. The summed E-state index contributed by atoms with van der Waals surface area (Å²) in [5, 5.41) is 13.1. The molecule has 1 aliphatic carbocycles. The number of hydrazine groups is 1. The molecule has 6 heteroatoms. The highest BCUT2D eigenvalue weighted by molar-refractivity contribution is 5.85. The van der Waals surface area contributed by atoms with Crippen molar-refractivity contribution in [3.8, 4) is 0 Å². The van der Waals surface area contributed by atoms with E-state index < -0.39 is 0 Å². The number of piperidine rings is 1. The molecule has 0 bridgehead atoms. The fourth-order valence-electron chi connectivity index (χ4n) is 7.13. The molecule has 5 aliphatic rings. The van der Waals surface area contributed by atoms with Crippen LogP contribution in [0.5, 0.6) is 0 Å². The van der Waals surface area contributed by atoms with Gasteiger partial charge in [0.1, 0.15) is 0 Å². The molecule has 5 rings (SSSR count). The molecule has 6 unspecified atom stereocenters. The van der Waals surface area contributed by atoms with Crippen molar-refractivity contribution in [2.75, 3.05) is 19.6 Å². The van der Waals surface area contributed by atoms with Gasteiger partial charge in [-0.05, 0) is 57.0 Å². The summed E-state index contributed by atoms with van der Waals surface area (Å²) < 4.78 is 0. The number of hydrogen-bond donors (Lipinski definition) is 4. The molecule has 8 atom stereocenters. The van der Waals surface area contributed by atoms with Gasteiger partial charge in [-0.15, -0.1) is 0 Å². The smallest absolute Gasteiger partial charge is 0.227 e. The molecule has 1 saturated carbocycles. The Labute approximate surface area is 163 Å². The highest BCUT2D eigenvalue weighted by atomic mass is 16.2. The van der Waals surface area contributed by atoms with Crippen LogP contribution in [0.3, 0.4) is 0 Å². The first-order chi connectivity index (χ1) is 13.1. The van der Waals surface area contributed by atoms with Crippen LogP contribution >= 0.6 is 0 Å². The van der Waals surface area contributed by atoms with Gasteiger partial charge in [0.2, 0.25) is 5.91 Å². The summed E-state index contributed by atoms with van der Waals surface area (Å²) in [7, 11) is 0. The maximum absolute atomic E-state index is 12.8. The summed E-state index contributed by atoms with van der Waals surface area (Å²) >= 11 is 0. The summed E-state index contributed by atoms with van der Waals surface area (Å²) in [4.78, 5) is 12.8. The van der Waals surface area contributed by atoms with E-state index in [1.807, 2.05) is 0 Å². The normalized spacial score (nSPS) is 50.4. The number of amides is 1. The van der Waals surface area contributed by atoms with Crippen LogP contribution in [0, 0.1) is 23.2 Å². The van der Waals surface area contributed by atoms with Crippen LogP contribution in [0.15, 0.2) is 0 Å². The largest absolute Gasteiger partial charge is 0.340 e. The zero-order valence-corrected chi connectivity index (χ0v) is 17.0. The summed E-state index contributed by atoms with van der Waals surface area (Å²) in [6.07, 6.45) is 8.96. The molecule has 27 heavy (non-hydrogen) atoms. The van der Waals surface area contributed by atoms with Crippen molar-refractivity contribution < 1.29 is 4.79 Å². The Morgan fingerprint density at radius 3 is 2.74 bits per heavy atom. The van der Waals surface area contributed by atoms with E-state index in [9.17, 15) is 4.79 Å². The summed E-state index contributed by atoms with van der Waals surface area (Å²) in [5.41, 5.74) is 3.82. The van der Waals surface area contributed by atoms with Gasteiger partial charge in [-0.3, -0.25) is 15.5 Å². The van der Waals surface area contributed by atoms with Crippen molar-refractivity contribution >= 4 is 5.91 Å². The van der Waals surface area contributed by atoms with E-state index in [2.05, 4.69) is 40.2 Å². The number of nitrogens with zero attached hydrogens (tertiary/aromatic N) is 1. The van der Waals surface area contributed by atoms with E-state index >= 15 is 0 Å². The van der Waals surface area contributed by atoms with Gasteiger partial charge < -0.3 is 10.6 Å². The van der Waals surface area contributed by atoms with Gasteiger partial charge in [0.15, 0.2) is 0 Å². The molecule has 0 aromatic carbocycles. The van der Waals surface area contributed by atoms with E-state index in [1.54, 1.807) is 0 Å². The first-order valence-electron chi connectivity index (χ1n) is 11.4. The zero-order valence-electron chi connectivity index (χ0n) is 17.0. The molecule has 0 aromatic heterocycles. The molecular weight excluding hydrogens is 338 g/mol. The summed E-state index contributed by atoms with van der Waals surface area (Å²) in [5.74, 6) is 1.98. The Hall–Kier alpha value is -0.690. The quantitative estimate of drug-likeness (QED) is 0.597. The molecular formula is C21H37N5O. The van der Waals surface area contributed by atoms with Crippen LogP contribution in [0.1, 0.15) is 58.8 Å². The molecule has 0 radical (unpaired) electrons. The Morgan fingerprint density at radius 2 is 1.96 bits per heavy atom. The molecule has 4 N–H and O–H groups in total. The van der Waals surface area contributed by atoms with Gasteiger partial charge in [-0.25, -0.2) is 5.01 Å². The van der Waals surface area contributed by atoms with E-state index in [0.717, 1.165) is 32.0 Å². The van der Waals surface area contributed by atoms with Crippen LogP contribution in [-0.4, -0.2) is 54.8 Å². The van der Waals surface area contributed by atoms with Crippen molar-refractivity contribution in [3.63, 3.8) is 0 Å². The van der Waals surface area contributed by atoms with Crippen LogP contribution in [0.4, 0.5) is 0 Å². The fourth-order valence-corrected chi connectivity index (χ4v) is 7.13. The van der Waals surface area contributed by atoms with Crippen LogP contribution < -0.4 is 21.4 Å². The number of rotatable bonds is 3. The van der Waals surface area contributed by atoms with E-state index in [-0.39, 0.29) is 17.5 Å². The van der Waals surface area contributed by atoms with Crippen molar-refractivity contribution in [2.24, 2.45) is 23.2 Å². The number of hydrogen-bond acceptors (Lipinski definition) is 5. The van der Waals surface area contributed by atoms with Gasteiger partial charge in [0.05, 0.1) is 11.6 Å². The van der Waals surface area contributed by atoms with E-state index in [0.29, 0.717) is 30.0 Å². The molecule has 4 aliphatic heterocycles. The highest BCUT2D eigenvalue weighted by Crippen LogP contribution is 2.50. The molecule has 4 saturated heterocycles. The molecule has 0 spiro atoms. The predicted molar refractivity (Wildman–Crippen MR) is 106 cm³/mol. The van der Waals surface area contributed by atoms with Crippen LogP contribution in [0.2, 0.25) is 0 Å². The minimum absolute atomic E-state index is 0.159. The average molecular weight is 376 g/mol. The molecule has 6 nitrogen and oxygen atoms in total. The van der Waals surface area contributed by atoms with Crippen molar-refractivity contribution in [1.29, 1.82) is 0 Å². The standard InChI is InChI=1S/C21H37N5O/c1-3-21(2)17-15(9-11-23-19(17)24-20(21)27)18-14-6-4-5-7-16(14)26(25-18)13-8-10-22-12-13/h13-19,22-23,25H,3-12H2,1-2H3,(H,24,27)/t13-,14?,15?,16?,17?,18?,19?,21+/m0/s1. The Kier molecular flexibility index (Phi) is 4.74. The van der Waals surface area contributed by atoms with Crippen LogP contribution in [0.25, 0.3) is 0 Å². The summed E-state index contributed by atoms with van der Waals surface area (Å²) in [6, 6.07) is 1.86. The highest BCUT2D eigenvalue weighted by Gasteiger charge is 2.59.